The minimum absolute atomic E-state index is 0.125. The summed E-state index contributed by atoms with van der Waals surface area (Å²) in [4.78, 5) is 67.9. The van der Waals surface area contributed by atoms with Crippen LogP contribution in [0.1, 0.15) is 83.8 Å². The van der Waals surface area contributed by atoms with Crippen LogP contribution in [0.5, 0.6) is 5.88 Å². The van der Waals surface area contributed by atoms with Crippen LogP contribution < -0.4 is 20.4 Å². The zero-order valence-electron chi connectivity index (χ0n) is 42.3. The van der Waals surface area contributed by atoms with Crippen LogP contribution in [-0.4, -0.2) is 110 Å². The van der Waals surface area contributed by atoms with Crippen LogP contribution in [0.3, 0.4) is 0 Å². The number of benzene rings is 2. The smallest absolute Gasteiger partial charge is 0.434 e. The number of amides is 1. The summed E-state index contributed by atoms with van der Waals surface area (Å²) in [5, 5.41) is 8.57. The molecule has 0 bridgehead atoms. The van der Waals surface area contributed by atoms with Crippen LogP contribution in [0.25, 0.3) is 59.9 Å². The van der Waals surface area contributed by atoms with E-state index in [9.17, 15) is 22.8 Å². The molecule has 1 amide bonds. The van der Waals surface area contributed by atoms with Crippen LogP contribution in [0.15, 0.2) is 103 Å². The molecular weight excluding hydrogens is 996 g/mol. The molecule has 1 aliphatic heterocycles. The Balaban J connectivity index is 0.000000162. The first-order chi connectivity index (χ1) is 36.7. The second-order valence-corrected chi connectivity index (χ2v) is 20.3. The number of nitrogens with zero attached hydrogens (tertiary/aromatic N) is 14. The Morgan fingerprint density at radius 3 is 2.45 bits per heavy atom. The number of pyridine rings is 2. The summed E-state index contributed by atoms with van der Waals surface area (Å²) in [5.74, 6) is 1.94. The molecule has 1 saturated carbocycles. The molecule has 2 fully saturated rings. The molecule has 2 aromatic carbocycles. The Morgan fingerprint density at radius 2 is 1.70 bits per heavy atom. The van der Waals surface area contributed by atoms with E-state index in [1.807, 2.05) is 73.7 Å². The van der Waals surface area contributed by atoms with Crippen LogP contribution >= 0.6 is 11.3 Å². The lowest BCUT2D eigenvalue weighted by Crippen LogP contribution is -2.31. The topological polar surface area (TPSA) is 192 Å². The third-order valence-electron chi connectivity index (χ3n) is 13.5. The fraction of sp³-hybridized carbons (Fsp3) is 0.315. The fourth-order valence-corrected chi connectivity index (χ4v) is 10.6. The number of likely N-dealkylation sites (N-methyl/N-ethyl adjacent to an activating group) is 1. The maximum Gasteiger partial charge on any atom is 0.434 e. The van der Waals surface area contributed by atoms with Gasteiger partial charge in [0.2, 0.25) is 11.3 Å². The predicted octanol–water partition coefficient (Wildman–Crippen LogP) is 8.91. The molecule has 18 nitrogen and oxygen atoms in total. The summed E-state index contributed by atoms with van der Waals surface area (Å²) < 4.78 is 51.6. The Labute approximate surface area is 437 Å². The van der Waals surface area contributed by atoms with Crippen molar-refractivity contribution in [2.45, 2.75) is 71.3 Å². The number of carbonyl (C=O) groups excluding carboxylic acids is 1. The minimum atomic E-state index is -4.51. The number of ether oxygens (including phenoxy) is 1. The molecular formula is C54H52F3N15O3S. The predicted molar refractivity (Wildman–Crippen MR) is 284 cm³/mol. The normalized spacial score (nSPS) is 14.4. The third kappa shape index (κ3) is 9.92. The number of hydrogen-bond acceptors (Lipinski definition) is 15. The van der Waals surface area contributed by atoms with Gasteiger partial charge in [0.15, 0.2) is 22.8 Å². The van der Waals surface area contributed by atoms with Crippen molar-refractivity contribution in [2.75, 3.05) is 45.2 Å². The SMILES string of the molecule is COc1ncnc(C2CC2)c1-c1ncc2cnn(Cc3ccc(-c4nc(C(F)(F)F)cn4C(C)C)cc3)c2n1.Cc1cnc(CNC(=O)c2c(=O)c3ccc(N4CCCN(C)CC4)nc3n3c2sc2ccccc23)cn1. The van der Waals surface area contributed by atoms with Gasteiger partial charge in [0.1, 0.15) is 33.9 Å². The molecule has 0 atom stereocenters. The number of rotatable bonds is 11. The molecule has 1 saturated heterocycles. The maximum absolute atomic E-state index is 13.7. The van der Waals surface area contributed by atoms with Crippen molar-refractivity contribution < 1.29 is 22.7 Å². The number of imidazole rings is 1. The zero-order valence-corrected chi connectivity index (χ0v) is 43.1. The van der Waals surface area contributed by atoms with E-state index in [0.29, 0.717) is 62.5 Å². The highest BCUT2D eigenvalue weighted by molar-refractivity contribution is 7.24. The molecule has 9 heterocycles. The molecule has 1 N–H and O–H groups in total. The highest BCUT2D eigenvalue weighted by Gasteiger charge is 2.36. The summed E-state index contributed by atoms with van der Waals surface area (Å²) in [6, 6.07) is 18.7. The van der Waals surface area contributed by atoms with E-state index in [1.54, 1.807) is 48.7 Å². The van der Waals surface area contributed by atoms with E-state index in [0.717, 1.165) is 90.0 Å². The van der Waals surface area contributed by atoms with Gasteiger partial charge < -0.3 is 24.4 Å². The van der Waals surface area contributed by atoms with Crippen molar-refractivity contribution in [1.82, 2.24) is 68.8 Å². The van der Waals surface area contributed by atoms with Gasteiger partial charge in [-0.1, -0.05) is 36.4 Å². The van der Waals surface area contributed by atoms with Crippen LogP contribution in [0.2, 0.25) is 0 Å². The highest BCUT2D eigenvalue weighted by Crippen LogP contribution is 2.45. The van der Waals surface area contributed by atoms with Gasteiger partial charge in [-0.15, -0.1) is 11.3 Å². The number of hydrogen-bond donors (Lipinski definition) is 1. The molecule has 10 aromatic rings. The molecule has 0 radical (unpaired) electrons. The number of methoxy groups -OCH3 is 1. The summed E-state index contributed by atoms with van der Waals surface area (Å²) >= 11 is 1.43. The van der Waals surface area contributed by atoms with Gasteiger partial charge in [-0.3, -0.25) is 24.0 Å². The van der Waals surface area contributed by atoms with Crippen LogP contribution in [0, 0.1) is 6.92 Å². The van der Waals surface area contributed by atoms with E-state index in [2.05, 4.69) is 57.2 Å². The number of fused-ring (bicyclic) bond motifs is 6. The summed E-state index contributed by atoms with van der Waals surface area (Å²) in [7, 11) is 3.70. The van der Waals surface area contributed by atoms with Gasteiger partial charge >= 0.3 is 6.18 Å². The Morgan fingerprint density at radius 1 is 0.882 bits per heavy atom. The molecule has 12 rings (SSSR count). The van der Waals surface area contributed by atoms with Crippen molar-refractivity contribution in [3.63, 3.8) is 0 Å². The molecule has 0 spiro atoms. The average molecular weight is 1050 g/mol. The van der Waals surface area contributed by atoms with Crippen molar-refractivity contribution in [3.05, 3.63) is 142 Å². The van der Waals surface area contributed by atoms with E-state index >= 15 is 0 Å². The lowest BCUT2D eigenvalue weighted by molar-refractivity contribution is -0.140. The van der Waals surface area contributed by atoms with Gasteiger partial charge in [0, 0.05) is 55.7 Å². The van der Waals surface area contributed by atoms with E-state index < -0.39 is 17.8 Å². The lowest BCUT2D eigenvalue weighted by atomic mass is 10.1. The molecule has 388 valence electrons. The van der Waals surface area contributed by atoms with E-state index in [-0.39, 0.29) is 29.4 Å². The number of thiazole rings is 1. The van der Waals surface area contributed by atoms with Gasteiger partial charge in [0.05, 0.1) is 70.7 Å². The molecule has 8 aromatic heterocycles. The van der Waals surface area contributed by atoms with Gasteiger partial charge in [0.25, 0.3) is 5.91 Å². The second-order valence-electron chi connectivity index (χ2n) is 19.3. The van der Waals surface area contributed by atoms with Crippen molar-refractivity contribution in [3.8, 4) is 28.7 Å². The number of para-hydroxylation sites is 1. The number of nitrogens with one attached hydrogen (secondary N) is 1. The number of halogens is 3. The monoisotopic (exact) mass is 1050 g/mol. The third-order valence-corrected chi connectivity index (χ3v) is 14.7. The molecule has 2 aliphatic rings. The first-order valence-electron chi connectivity index (χ1n) is 24.9. The standard InChI is InChI=1S/C27H25F3N8O.C27H27N7O2S/c1-15(2)37-13-20(27(28,29)30)35-24(37)18-6-4-16(5-7-18)12-38-25-19(11-34-38)10-31-23(36-25)21-22(17-8-9-17)32-14-33-26(21)39-3;1-17-14-29-18(15-28-17)16-30-26(36)23-24(35)19-8-9-22(33-11-5-10-32(2)12-13-33)31-25(19)34-20-6-3-4-7-21(20)37-27(23)34/h4-7,10-11,13-15,17H,8-9,12H2,1-3H3;3-4,6-9,14-15H,5,10-13,16H2,1-2H3,(H,30,36). The number of aryl methyl sites for hydroxylation is 1. The van der Waals surface area contributed by atoms with Crippen molar-refractivity contribution in [1.29, 1.82) is 0 Å². The Kier molecular flexibility index (Phi) is 13.5. The average Bonchev–Trinajstić information content (AvgIpc) is 3.95. The molecule has 76 heavy (non-hydrogen) atoms. The number of carbonyl (C=O) groups is 1. The minimum Gasteiger partial charge on any atom is -0.480 e. The summed E-state index contributed by atoms with van der Waals surface area (Å²) in [6.07, 6.45) is 7.91. The number of anilines is 1. The summed E-state index contributed by atoms with van der Waals surface area (Å²) in [5.41, 5.74) is 5.56. The van der Waals surface area contributed by atoms with Gasteiger partial charge in [-0.2, -0.15) is 18.3 Å². The van der Waals surface area contributed by atoms with Gasteiger partial charge in [-0.05, 0) is 83.5 Å². The molecule has 22 heteroatoms. The molecule has 1 aliphatic carbocycles. The highest BCUT2D eigenvalue weighted by atomic mass is 32.1. The van der Waals surface area contributed by atoms with E-state index in [4.69, 9.17) is 14.7 Å². The number of alkyl halides is 3. The quantitative estimate of drug-likeness (QED) is 0.129. The number of aromatic nitrogens is 12. The van der Waals surface area contributed by atoms with Crippen molar-refractivity contribution in [2.24, 2.45) is 0 Å². The van der Waals surface area contributed by atoms with Crippen molar-refractivity contribution >= 4 is 60.2 Å². The fourth-order valence-electron chi connectivity index (χ4n) is 9.39. The zero-order chi connectivity index (χ0) is 52.8. The van der Waals surface area contributed by atoms with Gasteiger partial charge in [-0.25, -0.2) is 34.6 Å². The second kappa shape index (κ2) is 20.5. The Hall–Kier alpha value is -8.24. The lowest BCUT2D eigenvalue weighted by Gasteiger charge is -2.22. The molecule has 0 unspecified atom stereocenters. The first kappa shape index (κ1) is 49.9. The summed E-state index contributed by atoms with van der Waals surface area (Å²) in [6.45, 7) is 9.89. The maximum atomic E-state index is 13.7. The Bertz CT molecular complexity index is 3850. The van der Waals surface area contributed by atoms with Crippen LogP contribution in [0.4, 0.5) is 19.0 Å². The largest absolute Gasteiger partial charge is 0.480 e. The first-order valence-corrected chi connectivity index (χ1v) is 25.7. The van der Waals surface area contributed by atoms with E-state index in [1.165, 1.54) is 22.2 Å². The van der Waals surface area contributed by atoms with Crippen LogP contribution in [-0.2, 0) is 19.3 Å².